The summed E-state index contributed by atoms with van der Waals surface area (Å²) in [4.78, 5) is 0. The van der Waals surface area contributed by atoms with Gasteiger partial charge < -0.3 is 0 Å². The predicted octanol–water partition coefficient (Wildman–Crippen LogP) is 3.27. The van der Waals surface area contributed by atoms with Crippen LogP contribution in [0.5, 0.6) is 0 Å². The highest BCUT2D eigenvalue weighted by molar-refractivity contribution is 6.31. The molecule has 1 rings (SSSR count). The van der Waals surface area contributed by atoms with Crippen molar-refractivity contribution in [2.75, 3.05) is 0 Å². The standard InChI is InChI=1S/C11H11Cl/c1-3-5-10-7-6-9(4-2)8-11(10)12/h2,6-8H,3,5H2,1H3. The van der Waals surface area contributed by atoms with Gasteiger partial charge in [-0.15, -0.1) is 6.42 Å². The Kier molecular flexibility index (Phi) is 3.19. The van der Waals surface area contributed by atoms with Gasteiger partial charge in [0.15, 0.2) is 0 Å². The lowest BCUT2D eigenvalue weighted by atomic mass is 10.1. The summed E-state index contributed by atoms with van der Waals surface area (Å²) in [7, 11) is 0. The average molecular weight is 179 g/mol. The molecule has 0 heterocycles. The van der Waals surface area contributed by atoms with Crippen LogP contribution in [0.2, 0.25) is 5.02 Å². The molecule has 0 aromatic heterocycles. The van der Waals surface area contributed by atoms with Gasteiger partial charge in [-0.05, 0) is 24.1 Å². The molecule has 0 bridgehead atoms. The summed E-state index contributed by atoms with van der Waals surface area (Å²) in [6, 6.07) is 5.77. The largest absolute Gasteiger partial charge is 0.115 e. The molecule has 0 saturated carbocycles. The molecule has 0 spiro atoms. The summed E-state index contributed by atoms with van der Waals surface area (Å²) in [5, 5.41) is 0.785. The topological polar surface area (TPSA) is 0 Å². The van der Waals surface area contributed by atoms with Crippen molar-refractivity contribution in [3.05, 3.63) is 34.3 Å². The third kappa shape index (κ3) is 2.03. The highest BCUT2D eigenvalue weighted by Crippen LogP contribution is 2.18. The third-order valence-electron chi connectivity index (χ3n) is 1.74. The van der Waals surface area contributed by atoms with E-state index in [0.717, 1.165) is 23.4 Å². The molecule has 0 unspecified atom stereocenters. The first-order valence-electron chi connectivity index (χ1n) is 4.03. The van der Waals surface area contributed by atoms with E-state index in [4.69, 9.17) is 18.0 Å². The molecule has 0 atom stereocenters. The zero-order chi connectivity index (χ0) is 8.97. The molecule has 0 saturated heterocycles. The van der Waals surface area contributed by atoms with E-state index in [1.165, 1.54) is 5.56 Å². The van der Waals surface area contributed by atoms with Crippen LogP contribution in [0.15, 0.2) is 18.2 Å². The van der Waals surface area contributed by atoms with Crippen molar-refractivity contribution in [1.29, 1.82) is 0 Å². The number of benzene rings is 1. The average Bonchev–Trinajstić information content (AvgIpc) is 2.09. The van der Waals surface area contributed by atoms with Crippen LogP contribution in [-0.2, 0) is 6.42 Å². The Morgan fingerprint density at radius 1 is 1.50 bits per heavy atom. The number of hydrogen-bond donors (Lipinski definition) is 0. The van der Waals surface area contributed by atoms with Gasteiger partial charge in [-0.1, -0.05) is 36.9 Å². The van der Waals surface area contributed by atoms with Crippen LogP contribution in [0.3, 0.4) is 0 Å². The minimum atomic E-state index is 0.785. The minimum Gasteiger partial charge on any atom is -0.115 e. The van der Waals surface area contributed by atoms with Gasteiger partial charge in [0.2, 0.25) is 0 Å². The van der Waals surface area contributed by atoms with Gasteiger partial charge in [0.25, 0.3) is 0 Å². The fourth-order valence-corrected chi connectivity index (χ4v) is 1.38. The zero-order valence-electron chi connectivity index (χ0n) is 7.10. The summed E-state index contributed by atoms with van der Waals surface area (Å²) < 4.78 is 0. The predicted molar refractivity (Wildman–Crippen MR) is 53.4 cm³/mol. The Morgan fingerprint density at radius 2 is 2.25 bits per heavy atom. The van der Waals surface area contributed by atoms with E-state index in [9.17, 15) is 0 Å². The molecule has 0 fully saturated rings. The molecule has 1 heteroatoms. The van der Waals surface area contributed by atoms with Crippen molar-refractivity contribution in [3.8, 4) is 12.3 Å². The molecule has 0 aliphatic rings. The number of terminal acetylenes is 1. The summed E-state index contributed by atoms with van der Waals surface area (Å²) >= 11 is 5.99. The van der Waals surface area contributed by atoms with E-state index >= 15 is 0 Å². The highest BCUT2D eigenvalue weighted by Gasteiger charge is 1.98. The van der Waals surface area contributed by atoms with E-state index in [2.05, 4.69) is 12.8 Å². The van der Waals surface area contributed by atoms with Crippen LogP contribution < -0.4 is 0 Å². The molecule has 0 aliphatic carbocycles. The van der Waals surface area contributed by atoms with Crippen LogP contribution in [-0.4, -0.2) is 0 Å². The molecule has 0 amide bonds. The monoisotopic (exact) mass is 178 g/mol. The van der Waals surface area contributed by atoms with Crippen molar-refractivity contribution >= 4 is 11.6 Å². The normalized spacial score (nSPS) is 9.42. The van der Waals surface area contributed by atoms with Gasteiger partial charge in [-0.3, -0.25) is 0 Å². The van der Waals surface area contributed by atoms with Crippen LogP contribution in [0.25, 0.3) is 0 Å². The second-order valence-electron chi connectivity index (χ2n) is 2.70. The molecule has 0 radical (unpaired) electrons. The molecule has 1 aromatic rings. The lowest BCUT2D eigenvalue weighted by molar-refractivity contribution is 0.922. The molecule has 62 valence electrons. The van der Waals surface area contributed by atoms with E-state index in [1.807, 2.05) is 18.2 Å². The van der Waals surface area contributed by atoms with Crippen LogP contribution in [0.1, 0.15) is 24.5 Å². The Morgan fingerprint density at radius 3 is 2.75 bits per heavy atom. The molecule has 1 aromatic carbocycles. The van der Waals surface area contributed by atoms with Crippen molar-refractivity contribution in [1.82, 2.24) is 0 Å². The van der Waals surface area contributed by atoms with E-state index < -0.39 is 0 Å². The summed E-state index contributed by atoms with van der Waals surface area (Å²) in [5.74, 6) is 2.55. The quantitative estimate of drug-likeness (QED) is 0.610. The Labute approximate surface area is 78.6 Å². The van der Waals surface area contributed by atoms with Crippen LogP contribution in [0, 0.1) is 12.3 Å². The maximum Gasteiger partial charge on any atom is 0.0450 e. The lowest BCUT2D eigenvalue weighted by Gasteiger charge is -2.01. The van der Waals surface area contributed by atoms with Gasteiger partial charge in [-0.2, -0.15) is 0 Å². The van der Waals surface area contributed by atoms with Crippen molar-refractivity contribution in [2.45, 2.75) is 19.8 Å². The first-order valence-corrected chi connectivity index (χ1v) is 4.40. The van der Waals surface area contributed by atoms with Crippen LogP contribution >= 0.6 is 11.6 Å². The van der Waals surface area contributed by atoms with E-state index in [-0.39, 0.29) is 0 Å². The second kappa shape index (κ2) is 4.18. The number of halogens is 1. The fourth-order valence-electron chi connectivity index (χ4n) is 1.11. The number of rotatable bonds is 2. The lowest BCUT2D eigenvalue weighted by Crippen LogP contribution is -1.85. The smallest absolute Gasteiger partial charge is 0.0450 e. The van der Waals surface area contributed by atoms with Gasteiger partial charge in [-0.25, -0.2) is 0 Å². The zero-order valence-corrected chi connectivity index (χ0v) is 7.86. The minimum absolute atomic E-state index is 0.785. The first kappa shape index (κ1) is 9.16. The molecule has 0 nitrogen and oxygen atoms in total. The Bertz CT molecular complexity index is 307. The maximum absolute atomic E-state index is 5.99. The van der Waals surface area contributed by atoms with Crippen molar-refractivity contribution < 1.29 is 0 Å². The third-order valence-corrected chi connectivity index (χ3v) is 2.09. The first-order chi connectivity index (χ1) is 5.77. The number of hydrogen-bond acceptors (Lipinski definition) is 0. The van der Waals surface area contributed by atoms with Gasteiger partial charge in [0, 0.05) is 10.6 Å². The molecule has 12 heavy (non-hydrogen) atoms. The summed E-state index contributed by atoms with van der Waals surface area (Å²) in [6.45, 7) is 2.13. The molecule has 0 aliphatic heterocycles. The molecular formula is C11H11Cl. The van der Waals surface area contributed by atoms with Gasteiger partial charge >= 0.3 is 0 Å². The molecular weight excluding hydrogens is 168 g/mol. The highest BCUT2D eigenvalue weighted by atomic mass is 35.5. The van der Waals surface area contributed by atoms with E-state index in [0.29, 0.717) is 0 Å². The van der Waals surface area contributed by atoms with Crippen molar-refractivity contribution in [2.24, 2.45) is 0 Å². The van der Waals surface area contributed by atoms with E-state index in [1.54, 1.807) is 0 Å². The molecule has 0 N–H and O–H groups in total. The van der Waals surface area contributed by atoms with Crippen LogP contribution in [0.4, 0.5) is 0 Å². The summed E-state index contributed by atoms with van der Waals surface area (Å²) in [5.41, 5.74) is 2.03. The van der Waals surface area contributed by atoms with Crippen molar-refractivity contribution in [3.63, 3.8) is 0 Å². The second-order valence-corrected chi connectivity index (χ2v) is 3.11. The Hall–Kier alpha value is -0.930. The SMILES string of the molecule is C#Cc1ccc(CCC)c(Cl)c1. The Balaban J connectivity index is 2.97. The number of aryl methyl sites for hydroxylation is 1. The van der Waals surface area contributed by atoms with Gasteiger partial charge in [0.05, 0.1) is 0 Å². The maximum atomic E-state index is 5.99. The fraction of sp³-hybridized carbons (Fsp3) is 0.273. The summed E-state index contributed by atoms with van der Waals surface area (Å²) in [6.07, 6.45) is 7.36. The van der Waals surface area contributed by atoms with Gasteiger partial charge in [0.1, 0.15) is 0 Å².